The molecule has 0 radical (unpaired) electrons. The molecule has 1 aliphatic heterocycles. The number of hydrogen-bond donors (Lipinski definition) is 1. The molecule has 1 atom stereocenters. The topological polar surface area (TPSA) is 53.4 Å². The Bertz CT molecular complexity index is 462. The van der Waals surface area contributed by atoms with Crippen molar-refractivity contribution in [3.63, 3.8) is 0 Å². The van der Waals surface area contributed by atoms with Gasteiger partial charge in [0.15, 0.2) is 0 Å². The van der Waals surface area contributed by atoms with Crippen LogP contribution in [0, 0.1) is 5.92 Å². The first kappa shape index (κ1) is 16.0. The van der Waals surface area contributed by atoms with Gasteiger partial charge < -0.3 is 15.1 Å². The Morgan fingerprint density at radius 3 is 2.62 bits per heavy atom. The van der Waals surface area contributed by atoms with Gasteiger partial charge in [0.25, 0.3) is 0 Å². The van der Waals surface area contributed by atoms with Gasteiger partial charge in [-0.25, -0.2) is 0 Å². The van der Waals surface area contributed by atoms with Gasteiger partial charge in [0.2, 0.25) is 5.91 Å². The Labute approximate surface area is 127 Å². The smallest absolute Gasteiger partial charge is 0.244 e. The van der Waals surface area contributed by atoms with E-state index in [4.69, 9.17) is 0 Å². The van der Waals surface area contributed by atoms with E-state index in [2.05, 4.69) is 29.4 Å². The minimum atomic E-state index is -0.288. The molecule has 0 saturated carbocycles. The van der Waals surface area contributed by atoms with E-state index < -0.39 is 0 Å². The summed E-state index contributed by atoms with van der Waals surface area (Å²) >= 11 is 0. The number of likely N-dealkylation sites (tertiary alicyclic amines) is 1. The number of amides is 1. The standard InChI is InChI=1S/C15H27N5O/c1-16-14(13-9-17-19(4)11-13)15(21)20-7-5-12(6-8-20)10-18(2)3/h9,11-12,14,16H,5-8,10H2,1-4H3. The highest BCUT2D eigenvalue weighted by Gasteiger charge is 2.29. The van der Waals surface area contributed by atoms with Crippen molar-refractivity contribution >= 4 is 5.91 Å². The first-order chi connectivity index (χ1) is 10.0. The van der Waals surface area contributed by atoms with E-state index in [1.54, 1.807) is 10.9 Å². The summed E-state index contributed by atoms with van der Waals surface area (Å²) in [6, 6.07) is -0.288. The molecule has 1 aliphatic rings. The zero-order valence-corrected chi connectivity index (χ0v) is 13.5. The van der Waals surface area contributed by atoms with Crippen molar-refractivity contribution in [2.24, 2.45) is 13.0 Å². The first-order valence-electron chi connectivity index (χ1n) is 7.60. The number of carbonyl (C=O) groups is 1. The van der Waals surface area contributed by atoms with Crippen molar-refractivity contribution in [1.82, 2.24) is 24.9 Å². The molecule has 0 aliphatic carbocycles. The molecule has 0 spiro atoms. The zero-order valence-electron chi connectivity index (χ0n) is 13.5. The van der Waals surface area contributed by atoms with E-state index >= 15 is 0 Å². The number of carbonyl (C=O) groups excluding carboxylic acids is 1. The monoisotopic (exact) mass is 293 g/mol. The van der Waals surface area contributed by atoms with Gasteiger partial charge in [0.1, 0.15) is 6.04 Å². The largest absolute Gasteiger partial charge is 0.341 e. The molecule has 1 N–H and O–H groups in total. The summed E-state index contributed by atoms with van der Waals surface area (Å²) < 4.78 is 1.73. The van der Waals surface area contributed by atoms with Crippen molar-refractivity contribution in [1.29, 1.82) is 0 Å². The van der Waals surface area contributed by atoms with Crippen molar-refractivity contribution in [3.05, 3.63) is 18.0 Å². The van der Waals surface area contributed by atoms with Gasteiger partial charge in [-0.05, 0) is 39.9 Å². The highest BCUT2D eigenvalue weighted by molar-refractivity contribution is 5.83. The molecular formula is C15H27N5O. The second kappa shape index (κ2) is 7.04. The fraction of sp³-hybridized carbons (Fsp3) is 0.733. The summed E-state index contributed by atoms with van der Waals surface area (Å²) in [5.41, 5.74) is 0.931. The molecular weight excluding hydrogens is 266 g/mol. The van der Waals surface area contributed by atoms with E-state index in [-0.39, 0.29) is 11.9 Å². The lowest BCUT2D eigenvalue weighted by Crippen LogP contribution is -2.45. The molecule has 1 amide bonds. The van der Waals surface area contributed by atoms with Gasteiger partial charge in [0, 0.05) is 38.4 Å². The van der Waals surface area contributed by atoms with Gasteiger partial charge >= 0.3 is 0 Å². The molecule has 2 rings (SSSR count). The minimum absolute atomic E-state index is 0.161. The van der Waals surface area contributed by atoms with Crippen LogP contribution in [0.4, 0.5) is 0 Å². The van der Waals surface area contributed by atoms with Gasteiger partial charge in [-0.2, -0.15) is 5.10 Å². The van der Waals surface area contributed by atoms with E-state index in [1.807, 2.05) is 25.2 Å². The Morgan fingerprint density at radius 1 is 1.48 bits per heavy atom. The second-order valence-electron chi connectivity index (χ2n) is 6.20. The molecule has 2 heterocycles. The van der Waals surface area contributed by atoms with E-state index in [0.717, 1.165) is 38.0 Å². The summed E-state index contributed by atoms with van der Waals surface area (Å²) in [5.74, 6) is 0.865. The predicted molar refractivity (Wildman–Crippen MR) is 82.9 cm³/mol. The molecule has 1 unspecified atom stereocenters. The van der Waals surface area contributed by atoms with Crippen LogP contribution in [0.2, 0.25) is 0 Å². The van der Waals surface area contributed by atoms with Gasteiger partial charge in [-0.3, -0.25) is 9.48 Å². The second-order valence-corrected chi connectivity index (χ2v) is 6.20. The quantitative estimate of drug-likeness (QED) is 0.858. The Hall–Kier alpha value is -1.40. The SMILES string of the molecule is CNC(C(=O)N1CCC(CN(C)C)CC1)c1cnn(C)c1. The predicted octanol–water partition coefficient (Wildman–Crippen LogP) is 0.481. The molecule has 21 heavy (non-hydrogen) atoms. The molecule has 1 aromatic rings. The van der Waals surface area contributed by atoms with Gasteiger partial charge in [0.05, 0.1) is 6.20 Å². The molecule has 6 heteroatoms. The lowest BCUT2D eigenvalue weighted by Gasteiger charge is -2.35. The van der Waals surface area contributed by atoms with Crippen LogP contribution in [0.1, 0.15) is 24.4 Å². The maximum Gasteiger partial charge on any atom is 0.244 e. The maximum atomic E-state index is 12.7. The summed E-state index contributed by atoms with van der Waals surface area (Å²) in [7, 11) is 7.91. The number of aromatic nitrogens is 2. The highest BCUT2D eigenvalue weighted by Crippen LogP contribution is 2.22. The van der Waals surface area contributed by atoms with Gasteiger partial charge in [-0.15, -0.1) is 0 Å². The molecule has 6 nitrogen and oxygen atoms in total. The van der Waals surface area contributed by atoms with Crippen LogP contribution < -0.4 is 5.32 Å². The fourth-order valence-electron chi connectivity index (χ4n) is 3.06. The molecule has 118 valence electrons. The average Bonchev–Trinajstić information content (AvgIpc) is 2.86. The maximum absolute atomic E-state index is 12.7. The number of aryl methyl sites for hydroxylation is 1. The molecule has 1 aromatic heterocycles. The van der Waals surface area contributed by atoms with Crippen LogP contribution in [-0.4, -0.2) is 66.3 Å². The van der Waals surface area contributed by atoms with Crippen molar-refractivity contribution in [2.75, 3.05) is 40.8 Å². The number of hydrogen-bond acceptors (Lipinski definition) is 4. The fourth-order valence-corrected chi connectivity index (χ4v) is 3.06. The van der Waals surface area contributed by atoms with E-state index in [1.165, 1.54) is 0 Å². The molecule has 1 fully saturated rings. The summed E-state index contributed by atoms with van der Waals surface area (Å²) in [6.07, 6.45) is 5.84. The van der Waals surface area contributed by atoms with Crippen molar-refractivity contribution in [2.45, 2.75) is 18.9 Å². The summed E-state index contributed by atoms with van der Waals surface area (Å²) in [5, 5.41) is 7.28. The Balaban J connectivity index is 1.94. The minimum Gasteiger partial charge on any atom is -0.341 e. The van der Waals surface area contributed by atoms with E-state index in [9.17, 15) is 4.79 Å². The van der Waals surface area contributed by atoms with E-state index in [0.29, 0.717) is 5.92 Å². The van der Waals surface area contributed by atoms with Crippen molar-refractivity contribution in [3.8, 4) is 0 Å². The zero-order chi connectivity index (χ0) is 15.4. The Kier molecular flexibility index (Phi) is 5.36. The third-order valence-corrected chi connectivity index (χ3v) is 4.14. The van der Waals surface area contributed by atoms with Gasteiger partial charge in [-0.1, -0.05) is 0 Å². The number of nitrogens with zero attached hydrogens (tertiary/aromatic N) is 4. The third kappa shape index (κ3) is 4.04. The summed E-state index contributed by atoms with van der Waals surface area (Å²) in [4.78, 5) is 16.9. The van der Waals surface area contributed by atoms with Crippen LogP contribution in [0.5, 0.6) is 0 Å². The third-order valence-electron chi connectivity index (χ3n) is 4.14. The number of piperidine rings is 1. The number of likely N-dealkylation sites (N-methyl/N-ethyl adjacent to an activating group) is 1. The lowest BCUT2D eigenvalue weighted by molar-refractivity contribution is -0.135. The average molecular weight is 293 g/mol. The number of nitrogens with one attached hydrogen (secondary N) is 1. The Morgan fingerprint density at radius 2 is 2.14 bits per heavy atom. The van der Waals surface area contributed by atoms with Crippen molar-refractivity contribution < 1.29 is 4.79 Å². The first-order valence-corrected chi connectivity index (χ1v) is 7.60. The summed E-state index contributed by atoms with van der Waals surface area (Å²) in [6.45, 7) is 2.83. The molecule has 1 saturated heterocycles. The van der Waals surface area contributed by atoms with Crippen LogP contribution >= 0.6 is 0 Å². The van der Waals surface area contributed by atoms with Crippen LogP contribution in [0.3, 0.4) is 0 Å². The molecule has 0 bridgehead atoms. The van der Waals surface area contributed by atoms with Crippen LogP contribution in [0.25, 0.3) is 0 Å². The normalized spacial score (nSPS) is 18.2. The van der Waals surface area contributed by atoms with Crippen LogP contribution in [-0.2, 0) is 11.8 Å². The number of rotatable bonds is 5. The van der Waals surface area contributed by atoms with Crippen LogP contribution in [0.15, 0.2) is 12.4 Å². The lowest BCUT2D eigenvalue weighted by atomic mass is 9.95. The highest BCUT2D eigenvalue weighted by atomic mass is 16.2. The molecule has 0 aromatic carbocycles.